The van der Waals surface area contributed by atoms with Crippen LogP contribution >= 0.6 is 0 Å². The fourth-order valence-electron chi connectivity index (χ4n) is 1.31. The third kappa shape index (κ3) is 4.52. The van der Waals surface area contributed by atoms with Crippen molar-refractivity contribution < 1.29 is 4.79 Å². The highest BCUT2D eigenvalue weighted by molar-refractivity contribution is 5.90. The van der Waals surface area contributed by atoms with Crippen LogP contribution in [0.4, 0.5) is 0 Å². The molecule has 0 aliphatic carbocycles. The Kier molecular flexibility index (Phi) is 5.09. The van der Waals surface area contributed by atoms with Crippen molar-refractivity contribution in [3.63, 3.8) is 0 Å². The van der Waals surface area contributed by atoms with E-state index in [9.17, 15) is 4.79 Å². The van der Waals surface area contributed by atoms with E-state index in [2.05, 4.69) is 25.4 Å². The number of amides is 1. The Balaban J connectivity index is 2.36. The van der Waals surface area contributed by atoms with Crippen LogP contribution in [0.2, 0.25) is 0 Å². The van der Waals surface area contributed by atoms with Crippen molar-refractivity contribution >= 4 is 5.91 Å². The minimum absolute atomic E-state index is 0.216. The summed E-state index contributed by atoms with van der Waals surface area (Å²) < 4.78 is 0. The van der Waals surface area contributed by atoms with Gasteiger partial charge < -0.3 is 10.2 Å². The van der Waals surface area contributed by atoms with Crippen molar-refractivity contribution in [3.8, 4) is 0 Å². The number of aromatic nitrogens is 3. The lowest BCUT2D eigenvalue weighted by Crippen LogP contribution is -2.28. The molecule has 0 fully saturated rings. The number of rotatable bonds is 6. The first-order chi connectivity index (χ1) is 8.00. The Bertz CT molecular complexity index is 358. The summed E-state index contributed by atoms with van der Waals surface area (Å²) in [7, 11) is 4.01. The molecule has 1 heterocycles. The lowest BCUT2D eigenvalue weighted by Gasteiger charge is -2.08. The quantitative estimate of drug-likeness (QED) is 0.713. The number of H-pyrrole nitrogens is 1. The van der Waals surface area contributed by atoms with Gasteiger partial charge in [-0.3, -0.25) is 9.89 Å². The Morgan fingerprint density at radius 1 is 1.47 bits per heavy atom. The smallest absolute Gasteiger partial charge is 0.290 e. The second-order valence-electron chi connectivity index (χ2n) is 4.61. The summed E-state index contributed by atoms with van der Waals surface area (Å²) >= 11 is 0. The second kappa shape index (κ2) is 6.34. The summed E-state index contributed by atoms with van der Waals surface area (Å²) in [5, 5.41) is 9.45. The SMILES string of the molecule is CC(C)c1nc(C(=O)NCCCN(C)C)n[nH]1. The van der Waals surface area contributed by atoms with Crippen LogP contribution < -0.4 is 5.32 Å². The van der Waals surface area contributed by atoms with Gasteiger partial charge in [0.2, 0.25) is 5.82 Å². The van der Waals surface area contributed by atoms with Gasteiger partial charge in [-0.2, -0.15) is 0 Å². The summed E-state index contributed by atoms with van der Waals surface area (Å²) in [5.41, 5.74) is 0. The Morgan fingerprint density at radius 3 is 2.71 bits per heavy atom. The fraction of sp³-hybridized carbons (Fsp3) is 0.727. The molecule has 1 aromatic rings. The second-order valence-corrected chi connectivity index (χ2v) is 4.61. The van der Waals surface area contributed by atoms with Gasteiger partial charge in [0.25, 0.3) is 5.91 Å². The molecule has 0 unspecified atom stereocenters. The molecule has 0 aliphatic heterocycles. The normalized spacial score (nSPS) is 11.2. The zero-order chi connectivity index (χ0) is 12.8. The van der Waals surface area contributed by atoms with Gasteiger partial charge in [-0.25, -0.2) is 4.98 Å². The van der Waals surface area contributed by atoms with Gasteiger partial charge in [0.15, 0.2) is 0 Å². The lowest BCUT2D eigenvalue weighted by atomic mass is 10.2. The van der Waals surface area contributed by atoms with E-state index >= 15 is 0 Å². The van der Waals surface area contributed by atoms with Crippen molar-refractivity contribution in [2.45, 2.75) is 26.2 Å². The maximum absolute atomic E-state index is 11.7. The molecule has 0 atom stereocenters. The number of nitrogens with zero attached hydrogens (tertiary/aromatic N) is 3. The van der Waals surface area contributed by atoms with Crippen LogP contribution in [0.3, 0.4) is 0 Å². The fourth-order valence-corrected chi connectivity index (χ4v) is 1.31. The molecule has 6 nitrogen and oxygen atoms in total. The van der Waals surface area contributed by atoms with Crippen molar-refractivity contribution in [1.82, 2.24) is 25.4 Å². The Labute approximate surface area is 102 Å². The standard InChI is InChI=1S/C11H21N5O/c1-8(2)9-13-10(15-14-9)11(17)12-6-5-7-16(3)4/h8H,5-7H2,1-4H3,(H,12,17)(H,13,14,15). The maximum Gasteiger partial charge on any atom is 0.290 e. The van der Waals surface area contributed by atoms with E-state index in [4.69, 9.17) is 0 Å². The molecule has 0 saturated heterocycles. The zero-order valence-electron chi connectivity index (χ0n) is 10.9. The van der Waals surface area contributed by atoms with Crippen molar-refractivity contribution in [1.29, 1.82) is 0 Å². The van der Waals surface area contributed by atoms with Crippen LogP contribution in [0.5, 0.6) is 0 Å². The zero-order valence-corrected chi connectivity index (χ0v) is 10.9. The number of aromatic amines is 1. The number of carbonyl (C=O) groups excluding carboxylic acids is 1. The first-order valence-corrected chi connectivity index (χ1v) is 5.86. The molecule has 0 spiro atoms. The summed E-state index contributed by atoms with van der Waals surface area (Å²) in [6.45, 7) is 5.59. The molecule has 0 saturated carbocycles. The first kappa shape index (κ1) is 13.6. The minimum Gasteiger partial charge on any atom is -0.349 e. The van der Waals surface area contributed by atoms with E-state index in [1.807, 2.05) is 27.9 Å². The largest absolute Gasteiger partial charge is 0.349 e. The molecule has 17 heavy (non-hydrogen) atoms. The highest BCUT2D eigenvalue weighted by atomic mass is 16.2. The molecule has 6 heteroatoms. The van der Waals surface area contributed by atoms with Crippen molar-refractivity contribution in [3.05, 3.63) is 11.6 Å². The molecule has 1 aromatic heterocycles. The highest BCUT2D eigenvalue weighted by Crippen LogP contribution is 2.07. The Morgan fingerprint density at radius 2 is 2.18 bits per heavy atom. The van der Waals surface area contributed by atoms with Gasteiger partial charge >= 0.3 is 0 Å². The number of nitrogens with one attached hydrogen (secondary N) is 2. The maximum atomic E-state index is 11.7. The minimum atomic E-state index is -0.216. The van der Waals surface area contributed by atoms with Crippen LogP contribution in [-0.4, -0.2) is 53.2 Å². The lowest BCUT2D eigenvalue weighted by molar-refractivity contribution is 0.0942. The molecular weight excluding hydrogens is 218 g/mol. The summed E-state index contributed by atoms with van der Waals surface area (Å²) in [6, 6.07) is 0. The molecule has 1 amide bonds. The summed E-state index contributed by atoms with van der Waals surface area (Å²) in [5.74, 6) is 0.992. The predicted molar refractivity (Wildman–Crippen MR) is 66.0 cm³/mol. The average Bonchev–Trinajstić information content (AvgIpc) is 2.73. The average molecular weight is 239 g/mol. The molecule has 0 bridgehead atoms. The van der Waals surface area contributed by atoms with E-state index in [0.29, 0.717) is 6.54 Å². The molecule has 0 aliphatic rings. The van der Waals surface area contributed by atoms with Crippen LogP contribution in [0, 0.1) is 0 Å². The van der Waals surface area contributed by atoms with Crippen LogP contribution in [-0.2, 0) is 0 Å². The molecule has 1 rings (SSSR count). The van der Waals surface area contributed by atoms with Crippen molar-refractivity contribution in [2.24, 2.45) is 0 Å². The third-order valence-electron chi connectivity index (χ3n) is 2.32. The molecule has 0 radical (unpaired) electrons. The van der Waals surface area contributed by atoms with Gasteiger partial charge in [0.05, 0.1) is 0 Å². The summed E-state index contributed by atoms with van der Waals surface area (Å²) in [6.07, 6.45) is 0.917. The molecule has 0 aromatic carbocycles. The van der Waals surface area contributed by atoms with Gasteiger partial charge in [-0.05, 0) is 27.1 Å². The van der Waals surface area contributed by atoms with E-state index in [1.165, 1.54) is 0 Å². The van der Waals surface area contributed by atoms with Gasteiger partial charge in [-0.15, -0.1) is 5.10 Å². The van der Waals surface area contributed by atoms with Crippen LogP contribution in [0.1, 0.15) is 42.6 Å². The van der Waals surface area contributed by atoms with E-state index in [1.54, 1.807) is 0 Å². The topological polar surface area (TPSA) is 73.9 Å². The van der Waals surface area contributed by atoms with Gasteiger partial charge in [0, 0.05) is 12.5 Å². The van der Waals surface area contributed by atoms with E-state index in [-0.39, 0.29) is 17.6 Å². The van der Waals surface area contributed by atoms with E-state index in [0.717, 1.165) is 18.8 Å². The first-order valence-electron chi connectivity index (χ1n) is 5.86. The van der Waals surface area contributed by atoms with Gasteiger partial charge in [0.1, 0.15) is 5.82 Å². The highest BCUT2D eigenvalue weighted by Gasteiger charge is 2.13. The molecular formula is C11H21N5O. The number of carbonyl (C=O) groups is 1. The third-order valence-corrected chi connectivity index (χ3v) is 2.32. The van der Waals surface area contributed by atoms with E-state index < -0.39 is 0 Å². The molecule has 2 N–H and O–H groups in total. The predicted octanol–water partition coefficient (Wildman–Crippen LogP) is 0.610. The van der Waals surface area contributed by atoms with Crippen molar-refractivity contribution in [2.75, 3.05) is 27.2 Å². The molecule has 96 valence electrons. The monoisotopic (exact) mass is 239 g/mol. The summed E-state index contributed by atoms with van der Waals surface area (Å²) in [4.78, 5) is 17.9. The van der Waals surface area contributed by atoms with Crippen LogP contribution in [0.25, 0.3) is 0 Å². The Hall–Kier alpha value is -1.43. The number of hydrogen-bond acceptors (Lipinski definition) is 4. The van der Waals surface area contributed by atoms with Gasteiger partial charge in [-0.1, -0.05) is 13.8 Å². The van der Waals surface area contributed by atoms with Crippen LogP contribution in [0.15, 0.2) is 0 Å². The number of hydrogen-bond donors (Lipinski definition) is 2.